The predicted molar refractivity (Wildman–Crippen MR) is 101 cm³/mol. The number of nitrogens with zero attached hydrogens (tertiary/aromatic N) is 5. The average molecular weight is 543 g/mol. The first-order chi connectivity index (χ1) is 15.7. The number of nitro benzene ring substituents is 1. The van der Waals surface area contributed by atoms with Gasteiger partial charge in [-0.25, -0.2) is 0 Å². The lowest BCUT2D eigenvalue weighted by Crippen LogP contribution is -2.63. The number of alkyl halides is 9. The number of hydrogen-bond acceptors (Lipinski definition) is 4. The summed E-state index contributed by atoms with van der Waals surface area (Å²) < 4.78 is 145. The summed E-state index contributed by atoms with van der Waals surface area (Å²) >= 11 is 0. The molecule has 196 valence electrons. The van der Waals surface area contributed by atoms with Gasteiger partial charge in [0.1, 0.15) is 0 Å². The Morgan fingerprint density at radius 1 is 1.00 bits per heavy atom. The summed E-state index contributed by atoms with van der Waals surface area (Å²) in [7, 11) is -7.23. The summed E-state index contributed by atoms with van der Waals surface area (Å²) in [6.45, 7) is 1.77. The van der Waals surface area contributed by atoms with Crippen LogP contribution in [0.1, 0.15) is 19.4 Å². The largest absolute Gasteiger partial charge is 0.460 e. The highest BCUT2D eigenvalue weighted by molar-refractivity contribution is 7.91. The van der Waals surface area contributed by atoms with E-state index in [0.29, 0.717) is 4.90 Å². The quantitative estimate of drug-likeness (QED) is 0.0881. The molecule has 1 aromatic carbocycles. The van der Waals surface area contributed by atoms with Crippen LogP contribution in [0, 0.1) is 10.1 Å². The number of rotatable bonds is 9. The average Bonchev–Trinajstić information content (AvgIpc) is 2.73. The summed E-state index contributed by atoms with van der Waals surface area (Å²) in [5.41, 5.74) is 7.26. The Hall–Kier alpha value is -3.21. The molecule has 19 heteroatoms. The Balaban J connectivity index is 3.84. The van der Waals surface area contributed by atoms with E-state index in [1.807, 2.05) is 0 Å². The molecule has 0 heterocycles. The molecule has 0 radical (unpaired) electrons. The molecule has 1 rings (SSSR count). The highest BCUT2D eigenvalue weighted by Gasteiger charge is 2.85. The summed E-state index contributed by atoms with van der Waals surface area (Å²) in [6.07, 6.45) is -7.27. The zero-order chi connectivity index (χ0) is 27.6. The molecule has 0 spiro atoms. The third kappa shape index (κ3) is 5.24. The Morgan fingerprint density at radius 3 is 1.80 bits per heavy atom. The van der Waals surface area contributed by atoms with Crippen LogP contribution in [0.25, 0.3) is 5.53 Å². The lowest BCUT2D eigenvalue weighted by atomic mass is 10.1. The van der Waals surface area contributed by atoms with Crippen molar-refractivity contribution >= 4 is 27.3 Å². The first-order valence-electron chi connectivity index (χ1n) is 9.00. The maximum atomic E-state index is 14.1. The van der Waals surface area contributed by atoms with Gasteiger partial charge >= 0.3 is 39.0 Å². The van der Waals surface area contributed by atoms with Gasteiger partial charge < -0.3 is 10.4 Å². The van der Waals surface area contributed by atoms with Crippen molar-refractivity contribution in [2.24, 2.45) is 4.40 Å². The molecule has 0 amide bonds. The predicted octanol–water partition coefficient (Wildman–Crippen LogP) is 4.11. The van der Waals surface area contributed by atoms with Crippen LogP contribution in [0.2, 0.25) is 0 Å². The monoisotopic (exact) mass is 543 g/mol. The normalized spacial score (nSPS) is 13.9. The number of non-ortho nitro benzene ring substituents is 1. The number of likely N-dealkylation sites (N-methyl/N-ethyl adjacent to an activating group) is 1. The first kappa shape index (κ1) is 29.8. The zero-order valence-electron chi connectivity index (χ0n) is 17.4. The molecule has 0 aromatic heterocycles. The maximum absolute atomic E-state index is 14.1. The van der Waals surface area contributed by atoms with Crippen molar-refractivity contribution in [3.8, 4) is 0 Å². The fourth-order valence-electron chi connectivity index (χ4n) is 2.44. The van der Waals surface area contributed by atoms with Crippen LogP contribution >= 0.6 is 0 Å². The summed E-state index contributed by atoms with van der Waals surface area (Å²) in [4.78, 5) is 13.2. The van der Waals surface area contributed by atoms with Crippen molar-refractivity contribution in [2.75, 3.05) is 13.1 Å². The lowest BCUT2D eigenvalue weighted by molar-refractivity contribution is -0.384. The molecular weight excluding hydrogens is 529 g/mol. The molecule has 0 saturated heterocycles. The molecule has 0 N–H and O–H groups in total. The van der Waals surface area contributed by atoms with Crippen molar-refractivity contribution in [1.82, 2.24) is 4.90 Å². The van der Waals surface area contributed by atoms with Crippen molar-refractivity contribution < 1.29 is 57.6 Å². The summed E-state index contributed by atoms with van der Waals surface area (Å²) in [6, 6.07) is 3.18. The van der Waals surface area contributed by atoms with E-state index in [9.17, 15) is 63.6 Å². The molecule has 1 aromatic rings. The van der Waals surface area contributed by atoms with Gasteiger partial charge in [-0.2, -0.15) is 52.7 Å². The molecule has 0 aliphatic rings. The fraction of sp³-hybridized carbons (Fsp3) is 0.500. The van der Waals surface area contributed by atoms with E-state index in [-0.39, 0.29) is 13.1 Å². The minimum Gasteiger partial charge on any atom is -0.361 e. The minimum atomic E-state index is -7.52. The van der Waals surface area contributed by atoms with Crippen LogP contribution < -0.4 is 0 Å². The highest BCUT2D eigenvalue weighted by Crippen LogP contribution is 2.55. The smallest absolute Gasteiger partial charge is 0.361 e. The van der Waals surface area contributed by atoms with Gasteiger partial charge in [-0.05, 0) is 26.0 Å². The van der Waals surface area contributed by atoms with Crippen molar-refractivity contribution in [1.29, 1.82) is 0 Å². The minimum absolute atomic E-state index is 0.350. The number of nitro groups is 1. The van der Waals surface area contributed by atoms with Gasteiger partial charge in [-0.1, -0.05) is 0 Å². The highest BCUT2D eigenvalue weighted by atomic mass is 32.2. The first-order valence-corrected chi connectivity index (χ1v) is 10.4. The second-order valence-electron chi connectivity index (χ2n) is 6.48. The van der Waals surface area contributed by atoms with Crippen LogP contribution in [0.5, 0.6) is 0 Å². The van der Waals surface area contributed by atoms with Crippen LogP contribution in [0.4, 0.5) is 45.2 Å². The molecule has 9 nitrogen and oxygen atoms in total. The van der Waals surface area contributed by atoms with Gasteiger partial charge in [0.25, 0.3) is 5.69 Å². The topological polar surface area (TPSA) is 129 Å². The molecule has 0 saturated carbocycles. The van der Waals surface area contributed by atoms with Gasteiger partial charge in [0, 0.05) is 25.2 Å². The maximum Gasteiger partial charge on any atom is 0.460 e. The van der Waals surface area contributed by atoms with Crippen molar-refractivity contribution in [2.45, 2.75) is 37.1 Å². The van der Waals surface area contributed by atoms with Crippen LogP contribution in [-0.2, 0) is 10.0 Å². The van der Waals surface area contributed by atoms with Crippen molar-refractivity contribution in [3.05, 3.63) is 45.5 Å². The molecular formula is C16H14F9N5O4S. The lowest BCUT2D eigenvalue weighted by Gasteiger charge is -2.32. The van der Waals surface area contributed by atoms with Gasteiger partial charge in [0.15, 0.2) is 0 Å². The standard InChI is InChI=1S/C16H14F9N5O4S/c1-3-29(4-2)12(11(27-26)9-5-7-10(8-6-9)30(31)32)28-35(33,34)16(24,25)14(19,20)13(17,18)15(21,22)23/h5-8H,3-4H2,1-2H3/b28-12-. The Morgan fingerprint density at radius 2 is 1.46 bits per heavy atom. The zero-order valence-corrected chi connectivity index (χ0v) is 18.2. The molecule has 0 bridgehead atoms. The van der Waals surface area contributed by atoms with Gasteiger partial charge in [0.2, 0.25) is 5.84 Å². The van der Waals surface area contributed by atoms with E-state index < -0.39 is 61.0 Å². The summed E-state index contributed by atoms with van der Waals surface area (Å²) in [5, 5.41) is 3.65. The second-order valence-corrected chi connectivity index (χ2v) is 8.12. The van der Waals surface area contributed by atoms with Crippen molar-refractivity contribution in [3.63, 3.8) is 0 Å². The second kappa shape index (κ2) is 9.80. The van der Waals surface area contributed by atoms with E-state index in [2.05, 4.69) is 9.19 Å². The molecule has 35 heavy (non-hydrogen) atoms. The number of sulfonamides is 1. The molecule has 0 aliphatic heterocycles. The number of benzene rings is 1. The number of halogens is 9. The SMILES string of the molecule is CCN(CC)/C(=N\S(=O)(=O)C(F)(F)C(F)(F)C(F)(F)C(F)(F)F)C(=[N+]=[N-])c1ccc([N+](=O)[O-])cc1. The van der Waals surface area contributed by atoms with Gasteiger partial charge in [-0.3, -0.25) is 10.1 Å². The number of hydrogen-bond donors (Lipinski definition) is 0. The van der Waals surface area contributed by atoms with Gasteiger partial charge in [-0.15, -0.1) is 4.40 Å². The van der Waals surface area contributed by atoms with Gasteiger partial charge in [0.05, 0.1) is 10.5 Å². The number of amidine groups is 1. The molecule has 0 unspecified atom stereocenters. The Labute approximate surface area is 190 Å². The molecule has 0 aliphatic carbocycles. The third-order valence-electron chi connectivity index (χ3n) is 4.37. The van der Waals surface area contributed by atoms with E-state index in [0.717, 1.165) is 24.3 Å². The van der Waals surface area contributed by atoms with E-state index in [1.165, 1.54) is 13.8 Å². The van der Waals surface area contributed by atoms with E-state index in [1.54, 1.807) is 0 Å². The van der Waals surface area contributed by atoms with Crippen LogP contribution in [0.3, 0.4) is 0 Å². The van der Waals surface area contributed by atoms with E-state index in [4.69, 9.17) is 0 Å². The van der Waals surface area contributed by atoms with Crippen LogP contribution in [-0.4, -0.2) is 70.9 Å². The molecule has 0 fully saturated rings. The fourth-order valence-corrected chi connectivity index (χ4v) is 3.44. The summed E-state index contributed by atoms with van der Waals surface area (Å²) in [5.74, 6) is -16.4. The van der Waals surface area contributed by atoms with E-state index >= 15 is 0 Å². The Bertz CT molecular complexity index is 1140. The Kier molecular flexibility index (Phi) is 8.35. The molecule has 0 atom stereocenters. The van der Waals surface area contributed by atoms with Crippen LogP contribution in [0.15, 0.2) is 28.7 Å². The third-order valence-corrected chi connectivity index (χ3v) is 5.69.